The molecule has 1 aromatic heterocycles. The van der Waals surface area contributed by atoms with E-state index in [1.54, 1.807) is 37.7 Å². The maximum atomic E-state index is 12.0. The molecular formula is C17H19N3O5. The van der Waals surface area contributed by atoms with Gasteiger partial charge in [0.2, 0.25) is 0 Å². The first-order chi connectivity index (χ1) is 11.8. The summed E-state index contributed by atoms with van der Waals surface area (Å²) in [4.78, 5) is 35.5. The van der Waals surface area contributed by atoms with Gasteiger partial charge in [-0.2, -0.15) is 5.10 Å². The first-order valence-corrected chi connectivity index (χ1v) is 7.48. The van der Waals surface area contributed by atoms with Crippen molar-refractivity contribution in [2.45, 2.75) is 13.8 Å². The highest BCUT2D eigenvalue weighted by Crippen LogP contribution is 2.17. The fraction of sp³-hybridized carbons (Fsp3) is 0.294. The molecule has 0 radical (unpaired) electrons. The summed E-state index contributed by atoms with van der Waals surface area (Å²) < 4.78 is 11.2. The van der Waals surface area contributed by atoms with Gasteiger partial charge in [0.1, 0.15) is 5.56 Å². The molecule has 2 rings (SSSR count). The van der Waals surface area contributed by atoms with Crippen LogP contribution in [0.2, 0.25) is 0 Å². The van der Waals surface area contributed by atoms with Gasteiger partial charge in [0, 0.05) is 18.4 Å². The number of benzene rings is 1. The average Bonchev–Trinajstić information content (AvgIpc) is 2.93. The monoisotopic (exact) mass is 345 g/mol. The van der Waals surface area contributed by atoms with Crippen molar-refractivity contribution in [3.05, 3.63) is 46.8 Å². The topological polar surface area (TPSA) is 99.5 Å². The molecule has 0 saturated carbocycles. The highest BCUT2D eigenvalue weighted by Gasteiger charge is 2.16. The molecule has 0 spiro atoms. The van der Waals surface area contributed by atoms with Crippen molar-refractivity contribution in [3.63, 3.8) is 0 Å². The molecule has 0 fully saturated rings. The summed E-state index contributed by atoms with van der Waals surface area (Å²) in [6.45, 7) is 3.06. The predicted molar refractivity (Wildman–Crippen MR) is 89.4 cm³/mol. The third kappa shape index (κ3) is 4.23. The Morgan fingerprint density at radius 2 is 1.92 bits per heavy atom. The second kappa shape index (κ2) is 7.61. The molecule has 1 amide bonds. The van der Waals surface area contributed by atoms with E-state index in [0.29, 0.717) is 22.5 Å². The Morgan fingerprint density at radius 3 is 2.52 bits per heavy atom. The standard InChI is InChI=1S/C17H19N3O5/c1-10-5-6-12(16(22)24-4)7-14(10)19-15(21)9-25-17(23)13-8-18-20(3)11(13)2/h5-8H,9H2,1-4H3,(H,19,21). The van der Waals surface area contributed by atoms with E-state index in [2.05, 4.69) is 15.2 Å². The molecule has 0 unspecified atom stereocenters. The smallest absolute Gasteiger partial charge is 0.342 e. The normalized spacial score (nSPS) is 10.2. The number of hydrogen-bond acceptors (Lipinski definition) is 6. The van der Waals surface area contributed by atoms with E-state index in [-0.39, 0.29) is 0 Å². The summed E-state index contributed by atoms with van der Waals surface area (Å²) in [5.74, 6) is -1.64. The van der Waals surface area contributed by atoms with Crippen LogP contribution < -0.4 is 5.32 Å². The number of nitrogens with one attached hydrogen (secondary N) is 1. The van der Waals surface area contributed by atoms with Gasteiger partial charge in [0.15, 0.2) is 6.61 Å². The Labute approximate surface area is 144 Å². The van der Waals surface area contributed by atoms with Crippen LogP contribution in [-0.2, 0) is 21.3 Å². The van der Waals surface area contributed by atoms with Crippen molar-refractivity contribution in [2.75, 3.05) is 19.0 Å². The van der Waals surface area contributed by atoms with Crippen molar-refractivity contribution in [3.8, 4) is 0 Å². The van der Waals surface area contributed by atoms with E-state index in [1.807, 2.05) is 0 Å². The molecule has 0 saturated heterocycles. The zero-order chi connectivity index (χ0) is 18.6. The summed E-state index contributed by atoms with van der Waals surface area (Å²) in [6.07, 6.45) is 1.39. The highest BCUT2D eigenvalue weighted by molar-refractivity contribution is 5.97. The van der Waals surface area contributed by atoms with Crippen LogP contribution in [0, 0.1) is 13.8 Å². The van der Waals surface area contributed by atoms with Crippen molar-refractivity contribution in [2.24, 2.45) is 7.05 Å². The number of esters is 2. The van der Waals surface area contributed by atoms with E-state index < -0.39 is 24.5 Å². The molecule has 0 aliphatic rings. The van der Waals surface area contributed by atoms with Gasteiger partial charge in [0.25, 0.3) is 5.91 Å². The number of ether oxygens (including phenoxy) is 2. The van der Waals surface area contributed by atoms with Crippen LogP contribution >= 0.6 is 0 Å². The summed E-state index contributed by atoms with van der Waals surface area (Å²) in [7, 11) is 2.98. The first kappa shape index (κ1) is 18.2. The number of rotatable bonds is 5. The third-order valence-corrected chi connectivity index (χ3v) is 3.72. The Hall–Kier alpha value is -3.16. The lowest BCUT2D eigenvalue weighted by Crippen LogP contribution is -2.21. The molecule has 1 heterocycles. The predicted octanol–water partition coefficient (Wildman–Crippen LogP) is 1.62. The minimum Gasteiger partial charge on any atom is -0.465 e. The largest absolute Gasteiger partial charge is 0.465 e. The molecule has 25 heavy (non-hydrogen) atoms. The molecule has 0 bridgehead atoms. The van der Waals surface area contributed by atoms with Crippen LogP contribution in [0.4, 0.5) is 5.69 Å². The zero-order valence-corrected chi connectivity index (χ0v) is 14.5. The van der Waals surface area contributed by atoms with Gasteiger partial charge in [-0.25, -0.2) is 9.59 Å². The summed E-state index contributed by atoms with van der Waals surface area (Å²) in [5, 5.41) is 6.56. The van der Waals surface area contributed by atoms with Gasteiger partial charge in [0.05, 0.1) is 18.9 Å². The minimum absolute atomic E-state index is 0.305. The van der Waals surface area contributed by atoms with E-state index in [9.17, 15) is 14.4 Å². The van der Waals surface area contributed by atoms with E-state index >= 15 is 0 Å². The molecule has 132 valence electrons. The Bertz CT molecular complexity index is 826. The van der Waals surface area contributed by atoms with Gasteiger partial charge in [-0.1, -0.05) is 6.07 Å². The third-order valence-electron chi connectivity index (χ3n) is 3.72. The Balaban J connectivity index is 1.99. The number of carbonyl (C=O) groups is 3. The quantitative estimate of drug-likeness (QED) is 0.827. The minimum atomic E-state index is -0.624. The number of carbonyl (C=O) groups excluding carboxylic acids is 3. The van der Waals surface area contributed by atoms with Crippen LogP contribution in [-0.4, -0.2) is 41.3 Å². The highest BCUT2D eigenvalue weighted by atomic mass is 16.5. The second-order valence-corrected chi connectivity index (χ2v) is 5.41. The lowest BCUT2D eigenvalue weighted by molar-refractivity contribution is -0.119. The van der Waals surface area contributed by atoms with Gasteiger partial charge in [-0.05, 0) is 31.5 Å². The van der Waals surface area contributed by atoms with Crippen LogP contribution in [0.3, 0.4) is 0 Å². The number of aromatic nitrogens is 2. The average molecular weight is 345 g/mol. The fourth-order valence-corrected chi connectivity index (χ4v) is 2.10. The van der Waals surface area contributed by atoms with Crippen LogP contribution in [0.5, 0.6) is 0 Å². The number of nitrogens with zero attached hydrogens (tertiary/aromatic N) is 2. The number of methoxy groups -OCH3 is 1. The number of hydrogen-bond donors (Lipinski definition) is 1. The molecule has 0 aliphatic carbocycles. The van der Waals surface area contributed by atoms with E-state index in [1.165, 1.54) is 19.4 Å². The Morgan fingerprint density at radius 1 is 1.20 bits per heavy atom. The molecule has 8 nitrogen and oxygen atoms in total. The molecule has 0 aliphatic heterocycles. The molecule has 2 aromatic rings. The van der Waals surface area contributed by atoms with Gasteiger partial charge in [-0.3, -0.25) is 9.48 Å². The van der Waals surface area contributed by atoms with Crippen molar-refractivity contribution in [1.29, 1.82) is 0 Å². The second-order valence-electron chi connectivity index (χ2n) is 5.41. The number of aryl methyl sites for hydroxylation is 2. The SMILES string of the molecule is COC(=O)c1ccc(C)c(NC(=O)COC(=O)c2cnn(C)c2C)c1. The zero-order valence-electron chi connectivity index (χ0n) is 14.5. The molecule has 1 aromatic carbocycles. The van der Waals surface area contributed by atoms with Crippen molar-refractivity contribution in [1.82, 2.24) is 9.78 Å². The number of amides is 1. The maximum Gasteiger partial charge on any atom is 0.342 e. The van der Waals surface area contributed by atoms with E-state index in [4.69, 9.17) is 4.74 Å². The molecular weight excluding hydrogens is 326 g/mol. The summed E-state index contributed by atoms with van der Waals surface area (Å²) >= 11 is 0. The molecule has 8 heteroatoms. The summed E-state index contributed by atoms with van der Waals surface area (Å²) in [5.41, 5.74) is 2.47. The number of anilines is 1. The molecule has 0 atom stereocenters. The summed E-state index contributed by atoms with van der Waals surface area (Å²) in [6, 6.07) is 4.79. The Kier molecular flexibility index (Phi) is 5.53. The van der Waals surface area contributed by atoms with Crippen LogP contribution in [0.25, 0.3) is 0 Å². The van der Waals surface area contributed by atoms with Crippen molar-refractivity contribution < 1.29 is 23.9 Å². The molecule has 1 N–H and O–H groups in total. The lowest BCUT2D eigenvalue weighted by atomic mass is 10.1. The fourth-order valence-electron chi connectivity index (χ4n) is 2.10. The van der Waals surface area contributed by atoms with Gasteiger partial charge >= 0.3 is 11.9 Å². The van der Waals surface area contributed by atoms with Crippen molar-refractivity contribution >= 4 is 23.5 Å². The van der Waals surface area contributed by atoms with Crippen LogP contribution in [0.15, 0.2) is 24.4 Å². The maximum absolute atomic E-state index is 12.0. The van der Waals surface area contributed by atoms with Crippen LogP contribution in [0.1, 0.15) is 32.0 Å². The lowest BCUT2D eigenvalue weighted by Gasteiger charge is -2.10. The van der Waals surface area contributed by atoms with Gasteiger partial charge in [-0.15, -0.1) is 0 Å². The first-order valence-electron chi connectivity index (χ1n) is 7.48. The van der Waals surface area contributed by atoms with E-state index in [0.717, 1.165) is 5.56 Å². The van der Waals surface area contributed by atoms with Gasteiger partial charge < -0.3 is 14.8 Å².